The molecule has 0 aliphatic heterocycles. The fourth-order valence-electron chi connectivity index (χ4n) is 2.91. The molecule has 178 valence electrons. The van der Waals surface area contributed by atoms with Gasteiger partial charge in [-0.25, -0.2) is 4.79 Å². The highest BCUT2D eigenvalue weighted by Gasteiger charge is 2.63. The Bertz CT molecular complexity index is 867. The number of ether oxygens (including phenoxy) is 1. The van der Waals surface area contributed by atoms with Crippen molar-refractivity contribution in [3.8, 4) is 0 Å². The van der Waals surface area contributed by atoms with Crippen LogP contribution in [0.5, 0.6) is 0 Å². The SMILES string of the molecule is [2H]N(C(=O)[C@@](OC)(c1ccccc1)C(F)(F)F)[C@H](C(=O)N[C@@H](CCC(=O)O)C(=O)O)C(C)C. The number of hydrogen-bond acceptors (Lipinski definition) is 5. The van der Waals surface area contributed by atoms with Gasteiger partial charge in [0.2, 0.25) is 5.91 Å². The van der Waals surface area contributed by atoms with E-state index in [2.05, 4.69) is 4.74 Å². The predicted molar refractivity (Wildman–Crippen MR) is 104 cm³/mol. The zero-order chi connectivity index (χ0) is 25.6. The van der Waals surface area contributed by atoms with Gasteiger partial charge in [0.05, 0.1) is 0 Å². The second kappa shape index (κ2) is 10.9. The third-order valence-corrected chi connectivity index (χ3v) is 4.60. The molecule has 0 aromatic heterocycles. The molecule has 32 heavy (non-hydrogen) atoms. The highest BCUT2D eigenvalue weighted by atomic mass is 19.4. The zero-order valence-corrected chi connectivity index (χ0v) is 17.5. The Balaban J connectivity index is 3.37. The van der Waals surface area contributed by atoms with Crippen LogP contribution in [0.4, 0.5) is 13.2 Å². The average molecular weight is 463 g/mol. The lowest BCUT2D eigenvalue weighted by atomic mass is 9.90. The standard InChI is InChI=1S/C20H25F3N2O7/c1-11(2)15(16(28)24-13(17(29)30)9-10-14(26)27)25-18(31)19(32-3,20(21,22)23)12-7-5-4-6-8-12/h4-8,11,13,15H,9-10H2,1-3H3,(H,24,28)(H,25,31)(H,26,27)(H,29,30)/t13-,15-,19-/m0/s1/i/hD. The normalized spacial score (nSPS) is 15.8. The van der Waals surface area contributed by atoms with Crippen LogP contribution in [0.25, 0.3) is 0 Å². The number of amides is 2. The molecule has 1 rings (SSSR count). The van der Waals surface area contributed by atoms with Gasteiger partial charge in [0.25, 0.3) is 11.5 Å². The number of halogens is 3. The van der Waals surface area contributed by atoms with Crippen LogP contribution in [-0.4, -0.2) is 59.3 Å². The summed E-state index contributed by atoms with van der Waals surface area (Å²) in [4.78, 5) is 47.9. The summed E-state index contributed by atoms with van der Waals surface area (Å²) >= 11 is 0. The maximum absolute atomic E-state index is 14.1. The summed E-state index contributed by atoms with van der Waals surface area (Å²) in [7, 11) is 0.642. The van der Waals surface area contributed by atoms with Crippen molar-refractivity contribution < 1.29 is 48.7 Å². The van der Waals surface area contributed by atoms with Crippen LogP contribution in [0.15, 0.2) is 30.3 Å². The highest BCUT2D eigenvalue weighted by Crippen LogP contribution is 2.42. The first-order valence-electron chi connectivity index (χ1n) is 9.90. The third-order valence-electron chi connectivity index (χ3n) is 4.60. The number of carbonyl (C=O) groups excluding carboxylic acids is 2. The summed E-state index contributed by atoms with van der Waals surface area (Å²) in [5, 5.41) is 19.8. The van der Waals surface area contributed by atoms with Crippen molar-refractivity contribution in [3.63, 3.8) is 0 Å². The molecule has 0 spiro atoms. The molecule has 0 unspecified atom stereocenters. The summed E-state index contributed by atoms with van der Waals surface area (Å²) < 4.78 is 55.2. The topological polar surface area (TPSA) is 142 Å². The van der Waals surface area contributed by atoms with E-state index in [1.54, 1.807) is 0 Å². The monoisotopic (exact) mass is 463 g/mol. The molecule has 4 N–H and O–H groups in total. The minimum atomic E-state index is -5.32. The van der Waals surface area contributed by atoms with Crippen LogP contribution in [0.1, 0.15) is 32.3 Å². The van der Waals surface area contributed by atoms with Gasteiger partial charge in [-0.15, -0.1) is 0 Å². The van der Waals surface area contributed by atoms with Crippen molar-refractivity contribution in [2.75, 3.05) is 7.11 Å². The number of carboxylic acid groups (broad SMARTS) is 2. The lowest BCUT2D eigenvalue weighted by molar-refractivity contribution is -0.266. The number of nitrogens with one attached hydrogen (secondary N) is 2. The number of carboxylic acids is 2. The first-order chi connectivity index (χ1) is 15.2. The van der Waals surface area contributed by atoms with Crippen LogP contribution in [0.2, 0.25) is 1.41 Å². The van der Waals surface area contributed by atoms with Crippen molar-refractivity contribution in [2.45, 2.75) is 50.6 Å². The molecular weight excluding hydrogens is 437 g/mol. The number of hydrogen-bond donors (Lipinski definition) is 4. The summed E-state index contributed by atoms with van der Waals surface area (Å²) in [5.41, 5.74) is -4.21. The molecule has 9 nitrogen and oxygen atoms in total. The Morgan fingerprint density at radius 2 is 1.69 bits per heavy atom. The number of rotatable bonds is 11. The van der Waals surface area contributed by atoms with Crippen LogP contribution < -0.4 is 10.6 Å². The predicted octanol–water partition coefficient (Wildman–Crippen LogP) is 1.67. The molecule has 0 fully saturated rings. The molecule has 0 heterocycles. The van der Waals surface area contributed by atoms with Gasteiger partial charge in [-0.3, -0.25) is 14.4 Å². The summed E-state index contributed by atoms with van der Waals surface area (Å²) in [6.07, 6.45) is -6.44. The average Bonchev–Trinajstić information content (AvgIpc) is 2.71. The van der Waals surface area contributed by atoms with Gasteiger partial charge < -0.3 is 25.6 Å². The molecule has 0 bridgehead atoms. The smallest absolute Gasteiger partial charge is 0.430 e. The van der Waals surface area contributed by atoms with E-state index < -0.39 is 71.9 Å². The van der Waals surface area contributed by atoms with Gasteiger partial charge in [-0.2, -0.15) is 13.2 Å². The lowest BCUT2D eigenvalue weighted by Crippen LogP contribution is -2.61. The summed E-state index contributed by atoms with van der Waals surface area (Å²) in [6, 6.07) is 2.33. The van der Waals surface area contributed by atoms with Crippen molar-refractivity contribution in [1.29, 1.82) is 0 Å². The summed E-state index contributed by atoms with van der Waals surface area (Å²) in [5.74, 6) is -6.97. The van der Waals surface area contributed by atoms with Gasteiger partial charge in [-0.05, 0) is 12.3 Å². The maximum atomic E-state index is 14.1. The minimum absolute atomic E-state index is 0.180. The second-order valence-electron chi connectivity index (χ2n) is 7.20. The zero-order valence-electron chi connectivity index (χ0n) is 18.5. The van der Waals surface area contributed by atoms with Gasteiger partial charge in [0, 0.05) is 19.1 Å². The molecule has 0 radical (unpaired) electrons. The minimum Gasteiger partial charge on any atom is -0.481 e. The van der Waals surface area contributed by atoms with E-state index in [-0.39, 0.29) is 5.31 Å². The van der Waals surface area contributed by atoms with E-state index >= 15 is 0 Å². The van der Waals surface area contributed by atoms with E-state index in [0.29, 0.717) is 7.11 Å². The van der Waals surface area contributed by atoms with Gasteiger partial charge >= 0.3 is 18.1 Å². The Kier molecular flexibility index (Phi) is 8.58. The fraction of sp³-hybridized carbons (Fsp3) is 0.500. The largest absolute Gasteiger partial charge is 0.481 e. The Morgan fingerprint density at radius 1 is 1.12 bits per heavy atom. The first kappa shape index (κ1) is 25.1. The highest BCUT2D eigenvalue weighted by molar-refractivity contribution is 5.94. The fourth-order valence-corrected chi connectivity index (χ4v) is 2.91. The number of methoxy groups -OCH3 is 1. The molecular formula is C20H25F3N2O7. The molecule has 12 heteroatoms. The van der Waals surface area contributed by atoms with Crippen LogP contribution in [0, 0.1) is 5.92 Å². The summed E-state index contributed by atoms with van der Waals surface area (Å²) in [6.45, 7) is 2.69. The third kappa shape index (κ3) is 6.19. The van der Waals surface area contributed by atoms with E-state index in [1.807, 2.05) is 5.32 Å². The molecule has 1 aromatic carbocycles. The number of alkyl halides is 3. The number of aliphatic carboxylic acids is 2. The Labute approximate surface area is 183 Å². The van der Waals surface area contributed by atoms with Gasteiger partial charge in [0.15, 0.2) is 1.41 Å². The van der Waals surface area contributed by atoms with Gasteiger partial charge in [0.1, 0.15) is 12.1 Å². The van der Waals surface area contributed by atoms with Crippen LogP contribution >= 0.6 is 0 Å². The van der Waals surface area contributed by atoms with Gasteiger partial charge in [-0.1, -0.05) is 44.2 Å². The van der Waals surface area contributed by atoms with Crippen molar-refractivity contribution >= 4 is 23.8 Å². The second-order valence-corrected chi connectivity index (χ2v) is 7.20. The van der Waals surface area contributed by atoms with E-state index in [0.717, 1.165) is 12.1 Å². The molecule has 0 saturated carbocycles. The van der Waals surface area contributed by atoms with E-state index in [4.69, 9.17) is 6.52 Å². The molecule has 2 amide bonds. The molecule has 3 atom stereocenters. The van der Waals surface area contributed by atoms with Crippen molar-refractivity contribution in [2.24, 2.45) is 5.92 Å². The van der Waals surface area contributed by atoms with Crippen molar-refractivity contribution in [1.82, 2.24) is 10.6 Å². The maximum Gasteiger partial charge on any atom is 0.430 e. The number of benzene rings is 1. The molecule has 0 saturated heterocycles. The molecule has 0 aliphatic rings. The van der Waals surface area contributed by atoms with Crippen LogP contribution in [0.3, 0.4) is 0 Å². The number of carbonyl (C=O) groups is 4. The Morgan fingerprint density at radius 3 is 2.09 bits per heavy atom. The molecule has 0 aliphatic carbocycles. The van der Waals surface area contributed by atoms with E-state index in [9.17, 15) is 37.5 Å². The quantitative estimate of drug-likeness (QED) is 0.391. The van der Waals surface area contributed by atoms with Crippen LogP contribution in [-0.2, 0) is 29.5 Å². The first-order valence-corrected chi connectivity index (χ1v) is 9.45. The lowest BCUT2D eigenvalue weighted by Gasteiger charge is -2.35. The Hall–Kier alpha value is -3.15. The van der Waals surface area contributed by atoms with E-state index in [1.165, 1.54) is 32.0 Å². The molecule has 1 aromatic rings. The van der Waals surface area contributed by atoms with Crippen molar-refractivity contribution in [3.05, 3.63) is 35.9 Å².